The topological polar surface area (TPSA) is 80.9 Å². The average Bonchev–Trinajstić information content (AvgIpc) is 2.91. The fourth-order valence-electron chi connectivity index (χ4n) is 5.79. The van der Waals surface area contributed by atoms with Gasteiger partial charge in [0, 0.05) is 11.4 Å². The Morgan fingerprint density at radius 1 is 1.08 bits per heavy atom. The summed E-state index contributed by atoms with van der Waals surface area (Å²) in [5.74, 6) is 3.13. The van der Waals surface area contributed by atoms with Crippen molar-refractivity contribution in [2.24, 2.45) is 23.7 Å². The second-order valence-corrected chi connectivity index (χ2v) is 9.36. The number of anilines is 1. The number of aryl methyl sites for hydroxylation is 2. The van der Waals surface area contributed by atoms with E-state index in [0.717, 1.165) is 33.3 Å². The van der Waals surface area contributed by atoms with E-state index in [1.807, 2.05) is 13.8 Å². The molecular weight excluding hydrogens is 332 g/mol. The van der Waals surface area contributed by atoms with Crippen LogP contribution in [0, 0.1) is 37.5 Å². The van der Waals surface area contributed by atoms with Crippen molar-refractivity contribution in [2.75, 3.05) is 5.73 Å². The third-order valence-electron chi connectivity index (χ3n) is 6.87. The summed E-state index contributed by atoms with van der Waals surface area (Å²) in [7, 11) is 0. The molecule has 132 valence electrons. The Hall–Kier alpha value is -1.69. The molecule has 2 aromatic rings. The summed E-state index contributed by atoms with van der Waals surface area (Å²) in [4.78, 5) is 14.4. The smallest absolute Gasteiger partial charge is 0.263 e. The molecule has 6 heteroatoms. The number of aromatic nitrogens is 2. The summed E-state index contributed by atoms with van der Waals surface area (Å²) in [6.07, 6.45) is 6.61. The lowest BCUT2D eigenvalue weighted by atomic mass is 9.54. The molecule has 4 saturated carbocycles. The van der Waals surface area contributed by atoms with Crippen molar-refractivity contribution in [1.29, 1.82) is 0 Å². The van der Waals surface area contributed by atoms with Crippen LogP contribution in [0.25, 0.3) is 10.2 Å². The van der Waals surface area contributed by atoms with E-state index >= 15 is 0 Å². The molecule has 3 N–H and O–H groups in total. The van der Waals surface area contributed by atoms with E-state index in [0.29, 0.717) is 28.4 Å². The normalized spacial score (nSPS) is 33.1. The maximum atomic E-state index is 13.0. The van der Waals surface area contributed by atoms with Gasteiger partial charge in [0.15, 0.2) is 0 Å². The van der Waals surface area contributed by atoms with Gasteiger partial charge in [0.25, 0.3) is 5.91 Å². The lowest BCUT2D eigenvalue weighted by Crippen LogP contribution is -2.55. The fraction of sp³-hybridized carbons (Fsp3) is 0.632. The number of amides is 1. The molecule has 2 heterocycles. The van der Waals surface area contributed by atoms with Gasteiger partial charge in [0.1, 0.15) is 9.71 Å². The fourth-order valence-corrected chi connectivity index (χ4v) is 6.79. The Balaban J connectivity index is 1.44. The van der Waals surface area contributed by atoms with E-state index in [1.165, 1.54) is 43.4 Å². The number of fused-ring (bicyclic) bond motifs is 1. The number of nitrogens with one attached hydrogen (secondary N) is 1. The van der Waals surface area contributed by atoms with Crippen molar-refractivity contribution >= 4 is 33.1 Å². The minimum absolute atomic E-state index is 0.0185. The Labute approximate surface area is 151 Å². The highest BCUT2D eigenvalue weighted by Crippen LogP contribution is 2.53. The zero-order valence-electron chi connectivity index (χ0n) is 14.7. The number of nitrogens with zero attached hydrogens (tertiary/aromatic N) is 2. The van der Waals surface area contributed by atoms with Gasteiger partial charge in [0.2, 0.25) is 0 Å². The van der Waals surface area contributed by atoms with Gasteiger partial charge in [-0.05, 0) is 75.2 Å². The van der Waals surface area contributed by atoms with Crippen LogP contribution >= 0.6 is 11.3 Å². The second-order valence-electron chi connectivity index (χ2n) is 8.37. The molecule has 2 aromatic heterocycles. The summed E-state index contributed by atoms with van der Waals surface area (Å²) in [5.41, 5.74) is 8.79. The van der Waals surface area contributed by atoms with E-state index in [2.05, 4.69) is 15.5 Å². The van der Waals surface area contributed by atoms with Gasteiger partial charge in [-0.1, -0.05) is 0 Å². The predicted octanol–water partition coefficient (Wildman–Crippen LogP) is 3.44. The van der Waals surface area contributed by atoms with Gasteiger partial charge in [0.05, 0.1) is 11.4 Å². The first kappa shape index (κ1) is 15.6. The number of thiophene rings is 1. The van der Waals surface area contributed by atoms with Crippen LogP contribution in [0.2, 0.25) is 0 Å². The van der Waals surface area contributed by atoms with Crippen molar-refractivity contribution in [3.05, 3.63) is 16.1 Å². The summed E-state index contributed by atoms with van der Waals surface area (Å²) < 4.78 is 0. The molecule has 0 atom stereocenters. The number of nitrogens with two attached hydrogens (primary N) is 1. The third kappa shape index (κ3) is 2.30. The molecule has 0 radical (unpaired) electrons. The van der Waals surface area contributed by atoms with E-state index in [4.69, 9.17) is 5.73 Å². The van der Waals surface area contributed by atoms with E-state index in [-0.39, 0.29) is 5.91 Å². The quantitative estimate of drug-likeness (QED) is 0.864. The first-order chi connectivity index (χ1) is 12.0. The van der Waals surface area contributed by atoms with Crippen LogP contribution < -0.4 is 11.1 Å². The highest BCUT2D eigenvalue weighted by molar-refractivity contribution is 7.21. The number of hydrogen-bond donors (Lipinski definition) is 2. The molecule has 0 aliphatic heterocycles. The minimum Gasteiger partial charge on any atom is -0.397 e. The van der Waals surface area contributed by atoms with Gasteiger partial charge < -0.3 is 11.1 Å². The Bertz CT molecular complexity index is 846. The van der Waals surface area contributed by atoms with E-state index in [9.17, 15) is 4.79 Å². The van der Waals surface area contributed by atoms with Crippen LogP contribution in [0.1, 0.15) is 53.0 Å². The average molecular weight is 356 g/mol. The molecule has 0 aromatic carbocycles. The molecule has 4 bridgehead atoms. The SMILES string of the molecule is Cc1nnc2sc(C(=O)NC3C4CC5CC(C4)CC3C5)c(N)c2c1C. The summed E-state index contributed by atoms with van der Waals surface area (Å²) in [6, 6.07) is 0.332. The van der Waals surface area contributed by atoms with Gasteiger partial charge in [-0.15, -0.1) is 16.4 Å². The maximum absolute atomic E-state index is 13.0. The molecule has 0 spiro atoms. The Morgan fingerprint density at radius 2 is 1.72 bits per heavy atom. The Kier molecular flexibility index (Phi) is 3.36. The molecule has 1 amide bonds. The van der Waals surface area contributed by atoms with E-state index < -0.39 is 0 Å². The number of rotatable bonds is 2. The van der Waals surface area contributed by atoms with Crippen LogP contribution in [0.3, 0.4) is 0 Å². The molecule has 4 fully saturated rings. The number of nitrogen functional groups attached to an aromatic ring is 1. The van der Waals surface area contributed by atoms with Gasteiger partial charge in [-0.3, -0.25) is 4.79 Å². The zero-order valence-corrected chi connectivity index (χ0v) is 15.5. The van der Waals surface area contributed by atoms with E-state index in [1.54, 1.807) is 0 Å². The molecule has 4 aliphatic carbocycles. The van der Waals surface area contributed by atoms with Crippen LogP contribution in [0.5, 0.6) is 0 Å². The molecular formula is C19H24N4OS. The van der Waals surface area contributed by atoms with Crippen LogP contribution in [-0.4, -0.2) is 22.1 Å². The number of hydrogen-bond acceptors (Lipinski definition) is 5. The van der Waals surface area contributed by atoms with Crippen LogP contribution in [0.15, 0.2) is 0 Å². The standard InChI is InChI=1S/C19H24N4OS/c1-8-9(2)22-23-19-14(8)15(20)17(25-19)18(24)21-16-12-4-10-3-11(6-12)7-13(16)5-10/h10-13,16H,3-7,20H2,1-2H3,(H,21,24). The number of carbonyl (C=O) groups is 1. The minimum atomic E-state index is -0.0185. The predicted molar refractivity (Wildman–Crippen MR) is 99.6 cm³/mol. The van der Waals surface area contributed by atoms with Crippen molar-refractivity contribution in [1.82, 2.24) is 15.5 Å². The highest BCUT2D eigenvalue weighted by atomic mass is 32.1. The molecule has 0 unspecified atom stereocenters. The van der Waals surface area contributed by atoms with Gasteiger partial charge in [-0.2, -0.15) is 5.10 Å². The first-order valence-corrected chi connectivity index (χ1v) is 10.2. The van der Waals surface area contributed by atoms with Gasteiger partial charge >= 0.3 is 0 Å². The molecule has 0 saturated heterocycles. The first-order valence-electron chi connectivity index (χ1n) is 9.34. The largest absolute Gasteiger partial charge is 0.397 e. The summed E-state index contributed by atoms with van der Waals surface area (Å²) in [6.45, 7) is 3.92. The van der Waals surface area contributed by atoms with Gasteiger partial charge in [-0.25, -0.2) is 0 Å². The Morgan fingerprint density at radius 3 is 2.36 bits per heavy atom. The molecule has 5 nitrogen and oxygen atoms in total. The third-order valence-corrected chi connectivity index (χ3v) is 7.95. The van der Waals surface area contributed by atoms with Crippen molar-refractivity contribution < 1.29 is 4.79 Å². The maximum Gasteiger partial charge on any atom is 0.263 e. The molecule has 25 heavy (non-hydrogen) atoms. The molecule has 6 rings (SSSR count). The second kappa shape index (κ2) is 5.40. The summed E-state index contributed by atoms with van der Waals surface area (Å²) >= 11 is 1.37. The van der Waals surface area contributed by atoms with Crippen molar-refractivity contribution in [3.8, 4) is 0 Å². The summed E-state index contributed by atoms with van der Waals surface area (Å²) in [5, 5.41) is 12.7. The zero-order chi connectivity index (χ0) is 17.3. The van der Waals surface area contributed by atoms with Crippen molar-refractivity contribution in [2.45, 2.75) is 52.0 Å². The van der Waals surface area contributed by atoms with Crippen molar-refractivity contribution in [3.63, 3.8) is 0 Å². The molecule has 4 aliphatic rings. The highest BCUT2D eigenvalue weighted by Gasteiger charge is 2.48. The van der Waals surface area contributed by atoms with Crippen LogP contribution in [0.4, 0.5) is 5.69 Å². The monoisotopic (exact) mass is 356 g/mol. The lowest BCUT2D eigenvalue weighted by molar-refractivity contribution is -0.0118. The number of carbonyl (C=O) groups excluding carboxylic acids is 1. The van der Waals surface area contributed by atoms with Crippen LogP contribution in [-0.2, 0) is 0 Å². The lowest BCUT2D eigenvalue weighted by Gasteiger charge is -2.54.